The highest BCUT2D eigenvalue weighted by Crippen LogP contribution is 2.22. The first kappa shape index (κ1) is 15.5. The van der Waals surface area contributed by atoms with Crippen molar-refractivity contribution in [3.05, 3.63) is 47.7 Å². The van der Waals surface area contributed by atoms with Crippen LogP contribution in [0.3, 0.4) is 0 Å². The van der Waals surface area contributed by atoms with Gasteiger partial charge in [-0.15, -0.1) is 0 Å². The van der Waals surface area contributed by atoms with Crippen molar-refractivity contribution in [2.45, 2.75) is 18.5 Å². The molecule has 0 amide bonds. The molecular formula is C13H13ClN2O4S. The van der Waals surface area contributed by atoms with E-state index in [4.69, 9.17) is 15.4 Å². The molecule has 0 spiro atoms. The van der Waals surface area contributed by atoms with Crippen molar-refractivity contribution >= 4 is 25.7 Å². The maximum atomic E-state index is 11.8. The average molecular weight is 329 g/mol. The Hall–Kier alpha value is -1.86. The molecule has 0 aliphatic heterocycles. The number of carbonyl (C=O) groups is 1. The Morgan fingerprint density at radius 3 is 2.57 bits per heavy atom. The minimum Gasteiger partial charge on any atom is -0.462 e. The summed E-state index contributed by atoms with van der Waals surface area (Å²) in [6, 6.07) is 9.11. The summed E-state index contributed by atoms with van der Waals surface area (Å²) in [7, 11) is 1.29. The fraction of sp³-hybridized carbons (Fsp3) is 0.231. The fourth-order valence-electron chi connectivity index (χ4n) is 1.85. The van der Waals surface area contributed by atoms with E-state index in [-0.39, 0.29) is 23.7 Å². The molecule has 0 atom stereocenters. The summed E-state index contributed by atoms with van der Waals surface area (Å²) in [5.41, 5.74) is 0.667. The van der Waals surface area contributed by atoms with Crippen molar-refractivity contribution in [3.63, 3.8) is 0 Å². The molecule has 6 nitrogen and oxygen atoms in total. The Kier molecular flexibility index (Phi) is 4.64. The molecule has 1 aromatic carbocycles. The number of halogens is 1. The molecule has 0 aliphatic rings. The predicted molar refractivity (Wildman–Crippen MR) is 76.8 cm³/mol. The second kappa shape index (κ2) is 6.28. The van der Waals surface area contributed by atoms with E-state index >= 15 is 0 Å². The molecule has 0 saturated heterocycles. The molecule has 2 rings (SSSR count). The Morgan fingerprint density at radius 2 is 2.00 bits per heavy atom. The molecule has 0 unspecified atom stereocenters. The van der Waals surface area contributed by atoms with Gasteiger partial charge in [-0.05, 0) is 12.5 Å². The normalized spacial score (nSPS) is 11.3. The van der Waals surface area contributed by atoms with Crippen LogP contribution in [-0.4, -0.2) is 30.8 Å². The van der Waals surface area contributed by atoms with Crippen LogP contribution in [0.1, 0.15) is 22.8 Å². The molecule has 21 heavy (non-hydrogen) atoms. The summed E-state index contributed by atoms with van der Waals surface area (Å²) in [5.74, 6) is -0.768. The number of hydrogen-bond acceptors (Lipinski definition) is 5. The monoisotopic (exact) mass is 328 g/mol. The number of aromatic nitrogens is 2. The van der Waals surface area contributed by atoms with Crippen LogP contribution in [0, 0.1) is 0 Å². The molecule has 112 valence electrons. The summed E-state index contributed by atoms with van der Waals surface area (Å²) in [5, 5.41) is 3.58. The van der Waals surface area contributed by atoms with Crippen molar-refractivity contribution in [2.75, 3.05) is 6.61 Å². The van der Waals surface area contributed by atoms with Crippen LogP contribution in [-0.2, 0) is 20.3 Å². The number of nitrogens with zero attached hydrogens (tertiary/aromatic N) is 2. The highest BCUT2D eigenvalue weighted by Gasteiger charge is 2.27. The SMILES string of the molecule is CCOC(=O)c1cnn(Cc2ccccc2)c1S(=O)(=O)Cl. The lowest BCUT2D eigenvalue weighted by molar-refractivity contribution is 0.0521. The molecule has 1 aromatic heterocycles. The maximum absolute atomic E-state index is 11.8. The van der Waals surface area contributed by atoms with Gasteiger partial charge in [0.25, 0.3) is 9.05 Å². The highest BCUT2D eigenvalue weighted by atomic mass is 35.7. The Morgan fingerprint density at radius 1 is 1.33 bits per heavy atom. The predicted octanol–water partition coefficient (Wildman–Crippen LogP) is 2.04. The molecular weight excluding hydrogens is 316 g/mol. The van der Waals surface area contributed by atoms with Gasteiger partial charge < -0.3 is 4.74 Å². The summed E-state index contributed by atoms with van der Waals surface area (Å²) < 4.78 is 29.4. The lowest BCUT2D eigenvalue weighted by atomic mass is 10.2. The first-order valence-electron chi connectivity index (χ1n) is 6.15. The van der Waals surface area contributed by atoms with E-state index in [1.807, 2.05) is 30.3 Å². The zero-order valence-corrected chi connectivity index (χ0v) is 12.8. The topological polar surface area (TPSA) is 78.3 Å². The van der Waals surface area contributed by atoms with Gasteiger partial charge in [0.2, 0.25) is 0 Å². The Labute approximate surface area is 126 Å². The number of ether oxygens (including phenoxy) is 1. The maximum Gasteiger partial charge on any atom is 0.342 e. The molecule has 0 N–H and O–H groups in total. The van der Waals surface area contributed by atoms with E-state index in [0.29, 0.717) is 0 Å². The number of rotatable bonds is 5. The third-order valence-corrected chi connectivity index (χ3v) is 4.02. The third kappa shape index (κ3) is 3.62. The van der Waals surface area contributed by atoms with Gasteiger partial charge in [0, 0.05) is 10.7 Å². The van der Waals surface area contributed by atoms with E-state index in [0.717, 1.165) is 11.8 Å². The van der Waals surface area contributed by atoms with Crippen LogP contribution in [0.25, 0.3) is 0 Å². The van der Waals surface area contributed by atoms with Gasteiger partial charge in [0.05, 0.1) is 19.3 Å². The number of esters is 1. The Balaban J connectivity index is 2.45. The van der Waals surface area contributed by atoms with Crippen molar-refractivity contribution in [1.82, 2.24) is 9.78 Å². The number of hydrogen-bond donors (Lipinski definition) is 0. The Bertz CT molecular complexity index is 741. The smallest absolute Gasteiger partial charge is 0.342 e. The van der Waals surface area contributed by atoms with Crippen LogP contribution in [0.2, 0.25) is 0 Å². The van der Waals surface area contributed by atoms with Crippen molar-refractivity contribution < 1.29 is 17.9 Å². The summed E-state index contributed by atoms with van der Waals surface area (Å²) in [6.07, 6.45) is 1.15. The fourth-order valence-corrected chi connectivity index (χ4v) is 3.10. The van der Waals surface area contributed by atoms with Gasteiger partial charge in [0.1, 0.15) is 5.56 Å². The van der Waals surface area contributed by atoms with Crippen LogP contribution in [0.4, 0.5) is 0 Å². The first-order valence-corrected chi connectivity index (χ1v) is 8.46. The third-order valence-electron chi connectivity index (χ3n) is 2.69. The average Bonchev–Trinajstić information content (AvgIpc) is 2.84. The van der Waals surface area contributed by atoms with Crippen LogP contribution in [0.5, 0.6) is 0 Å². The molecule has 8 heteroatoms. The van der Waals surface area contributed by atoms with Crippen LogP contribution >= 0.6 is 10.7 Å². The molecule has 0 aliphatic carbocycles. The summed E-state index contributed by atoms with van der Waals surface area (Å²) in [6.45, 7) is 1.94. The van der Waals surface area contributed by atoms with Crippen molar-refractivity contribution in [1.29, 1.82) is 0 Å². The largest absolute Gasteiger partial charge is 0.462 e. The molecule has 0 radical (unpaired) electrons. The zero-order chi connectivity index (χ0) is 15.5. The van der Waals surface area contributed by atoms with Gasteiger partial charge in [-0.25, -0.2) is 17.9 Å². The van der Waals surface area contributed by atoms with Gasteiger partial charge in [-0.3, -0.25) is 0 Å². The lowest BCUT2D eigenvalue weighted by Gasteiger charge is -2.07. The minimum absolute atomic E-state index is 0.129. The highest BCUT2D eigenvalue weighted by molar-refractivity contribution is 8.13. The van der Waals surface area contributed by atoms with Crippen LogP contribution in [0.15, 0.2) is 41.6 Å². The standard InChI is InChI=1S/C13H13ClN2O4S/c1-2-20-13(17)11-8-15-16(12(11)21(14,18)19)9-10-6-4-3-5-7-10/h3-8H,2,9H2,1H3. The number of benzene rings is 1. The van der Waals surface area contributed by atoms with Crippen LogP contribution < -0.4 is 0 Å². The van der Waals surface area contributed by atoms with E-state index in [2.05, 4.69) is 5.10 Å². The van der Waals surface area contributed by atoms with Gasteiger partial charge in [-0.1, -0.05) is 30.3 Å². The molecule has 0 bridgehead atoms. The van der Waals surface area contributed by atoms with E-state index in [1.165, 1.54) is 4.68 Å². The van der Waals surface area contributed by atoms with Gasteiger partial charge in [0.15, 0.2) is 5.03 Å². The summed E-state index contributed by atoms with van der Waals surface area (Å²) in [4.78, 5) is 11.8. The van der Waals surface area contributed by atoms with Crippen molar-refractivity contribution in [3.8, 4) is 0 Å². The second-order valence-electron chi connectivity index (χ2n) is 4.16. The quantitative estimate of drug-likeness (QED) is 0.620. The van der Waals surface area contributed by atoms with Gasteiger partial charge >= 0.3 is 5.97 Å². The molecule has 2 aromatic rings. The van der Waals surface area contributed by atoms with E-state index in [9.17, 15) is 13.2 Å². The van der Waals surface area contributed by atoms with E-state index in [1.54, 1.807) is 6.92 Å². The second-order valence-corrected chi connectivity index (χ2v) is 6.65. The zero-order valence-electron chi connectivity index (χ0n) is 11.2. The minimum atomic E-state index is -4.13. The molecule has 1 heterocycles. The van der Waals surface area contributed by atoms with Crippen molar-refractivity contribution in [2.24, 2.45) is 0 Å². The summed E-state index contributed by atoms with van der Waals surface area (Å²) >= 11 is 0. The van der Waals surface area contributed by atoms with Gasteiger partial charge in [-0.2, -0.15) is 5.10 Å². The number of carbonyl (C=O) groups excluding carboxylic acids is 1. The lowest BCUT2D eigenvalue weighted by Crippen LogP contribution is -2.13. The molecule has 0 fully saturated rings. The van der Waals surface area contributed by atoms with E-state index < -0.39 is 15.0 Å². The first-order chi connectivity index (χ1) is 9.93. The molecule has 0 saturated carbocycles.